The van der Waals surface area contributed by atoms with E-state index in [1.165, 1.54) is 0 Å². The Balaban J connectivity index is 0.00000256. The minimum Gasteiger partial charge on any atom is -0.337 e. The lowest BCUT2D eigenvalue weighted by Gasteiger charge is -2.20. The molecule has 0 aliphatic rings. The number of fused-ring (bicyclic) bond motifs is 1. The monoisotopic (exact) mass is 458 g/mol. The van der Waals surface area contributed by atoms with Gasteiger partial charge in [0, 0.05) is 35.9 Å². The van der Waals surface area contributed by atoms with Gasteiger partial charge in [0.15, 0.2) is 5.13 Å². The summed E-state index contributed by atoms with van der Waals surface area (Å²) < 4.78 is 3.13. The number of carbonyl (C=O) groups is 1. The molecule has 4 aromatic rings. The van der Waals surface area contributed by atoms with Crippen LogP contribution >= 0.6 is 35.5 Å². The molecule has 0 saturated carbocycles. The van der Waals surface area contributed by atoms with Crippen LogP contribution in [0.25, 0.3) is 10.2 Å². The molecule has 1 amide bonds. The molecule has 2 aromatic carbocycles. The van der Waals surface area contributed by atoms with Crippen LogP contribution in [0.4, 0.5) is 5.13 Å². The third kappa shape index (κ3) is 4.86. The number of aryl methyl sites for hydroxylation is 2. The summed E-state index contributed by atoms with van der Waals surface area (Å²) in [5.41, 5.74) is 2.78. The largest absolute Gasteiger partial charge is 0.337 e. The fourth-order valence-electron chi connectivity index (χ4n) is 3.19. The van der Waals surface area contributed by atoms with Crippen LogP contribution in [0.5, 0.6) is 0 Å². The van der Waals surface area contributed by atoms with Crippen LogP contribution in [0.2, 0.25) is 0 Å². The van der Waals surface area contributed by atoms with E-state index in [-0.39, 0.29) is 18.3 Å². The Hall–Kier alpha value is -2.35. The highest BCUT2D eigenvalue weighted by molar-refractivity contribution is 7.98. The second-order valence-electron chi connectivity index (χ2n) is 6.76. The number of para-hydroxylation sites is 1. The summed E-state index contributed by atoms with van der Waals surface area (Å²) in [6.45, 7) is 3.46. The summed E-state index contributed by atoms with van der Waals surface area (Å²) in [5, 5.41) is 0.749. The lowest BCUT2D eigenvalue weighted by atomic mass is 10.2. The Morgan fingerprint density at radius 2 is 2.00 bits per heavy atom. The Kier molecular flexibility index (Phi) is 7.53. The van der Waals surface area contributed by atoms with Crippen LogP contribution in [0.1, 0.15) is 22.3 Å². The van der Waals surface area contributed by atoms with Crippen LogP contribution in [0, 0.1) is 6.92 Å². The second-order valence-corrected chi connectivity index (χ2v) is 8.65. The highest BCUT2D eigenvalue weighted by Gasteiger charge is 2.21. The first-order chi connectivity index (χ1) is 14.2. The van der Waals surface area contributed by atoms with Gasteiger partial charge in [-0.25, -0.2) is 9.97 Å². The van der Waals surface area contributed by atoms with Crippen LogP contribution < -0.4 is 4.90 Å². The summed E-state index contributed by atoms with van der Waals surface area (Å²) in [7, 11) is 0. The number of thiazole rings is 1. The predicted molar refractivity (Wildman–Crippen MR) is 128 cm³/mol. The second kappa shape index (κ2) is 10.1. The van der Waals surface area contributed by atoms with Crippen molar-refractivity contribution in [2.24, 2.45) is 0 Å². The zero-order valence-corrected chi connectivity index (χ0v) is 19.3. The molecule has 2 aromatic heterocycles. The van der Waals surface area contributed by atoms with Crippen molar-refractivity contribution in [1.29, 1.82) is 0 Å². The topological polar surface area (TPSA) is 51.0 Å². The molecule has 0 spiro atoms. The Labute approximate surface area is 190 Å². The van der Waals surface area contributed by atoms with E-state index in [2.05, 4.69) is 24.0 Å². The predicted octanol–water partition coefficient (Wildman–Crippen LogP) is 5.68. The Bertz CT molecular complexity index is 1110. The number of thioether (sulfide) groups is 1. The highest BCUT2D eigenvalue weighted by Crippen LogP contribution is 2.31. The van der Waals surface area contributed by atoms with Crippen LogP contribution in [-0.2, 0) is 6.54 Å². The van der Waals surface area contributed by atoms with Gasteiger partial charge in [-0.1, -0.05) is 23.5 Å². The Morgan fingerprint density at radius 1 is 1.20 bits per heavy atom. The number of hydrogen-bond donors (Lipinski definition) is 0. The highest BCUT2D eigenvalue weighted by atomic mass is 35.5. The maximum atomic E-state index is 13.4. The number of rotatable bonds is 7. The molecule has 0 aliphatic carbocycles. The van der Waals surface area contributed by atoms with Gasteiger partial charge in [0.2, 0.25) is 0 Å². The zero-order valence-electron chi connectivity index (χ0n) is 16.8. The maximum Gasteiger partial charge on any atom is 0.260 e. The number of anilines is 1. The lowest BCUT2D eigenvalue weighted by Crippen LogP contribution is -2.32. The van der Waals surface area contributed by atoms with Gasteiger partial charge >= 0.3 is 0 Å². The van der Waals surface area contributed by atoms with E-state index in [1.54, 1.807) is 35.6 Å². The molecule has 0 fully saturated rings. The molecule has 5 nitrogen and oxygen atoms in total. The molecule has 0 bridgehead atoms. The van der Waals surface area contributed by atoms with E-state index in [1.807, 2.05) is 52.3 Å². The van der Waals surface area contributed by atoms with Gasteiger partial charge in [0.25, 0.3) is 5.91 Å². The van der Waals surface area contributed by atoms with E-state index < -0.39 is 0 Å². The van der Waals surface area contributed by atoms with Gasteiger partial charge in [-0.2, -0.15) is 0 Å². The normalized spacial score (nSPS) is 10.7. The lowest BCUT2D eigenvalue weighted by molar-refractivity contribution is 0.0986. The van der Waals surface area contributed by atoms with Crippen molar-refractivity contribution in [3.8, 4) is 0 Å². The molecule has 0 aliphatic heterocycles. The number of amides is 1. The summed E-state index contributed by atoms with van der Waals surface area (Å²) in [6.07, 6.45) is 8.36. The quantitative estimate of drug-likeness (QED) is 0.334. The average molecular weight is 459 g/mol. The fraction of sp³-hybridized carbons (Fsp3) is 0.227. The molecular formula is C22H23ClN4OS2. The smallest absolute Gasteiger partial charge is 0.260 e. The number of aromatic nitrogens is 3. The number of nitrogens with zero attached hydrogens (tertiary/aromatic N) is 4. The number of carbonyl (C=O) groups excluding carboxylic acids is 1. The average Bonchev–Trinajstić information content (AvgIpc) is 3.41. The molecule has 0 radical (unpaired) electrons. The molecule has 0 saturated heterocycles. The molecule has 2 heterocycles. The molecule has 156 valence electrons. The third-order valence-electron chi connectivity index (χ3n) is 4.78. The molecule has 8 heteroatoms. The molecular weight excluding hydrogens is 436 g/mol. The third-order valence-corrected chi connectivity index (χ3v) is 6.57. The van der Waals surface area contributed by atoms with E-state index in [0.29, 0.717) is 12.1 Å². The van der Waals surface area contributed by atoms with E-state index in [0.717, 1.165) is 38.8 Å². The molecule has 0 unspecified atom stereocenters. The number of halogens is 1. The first-order valence-electron chi connectivity index (χ1n) is 9.43. The van der Waals surface area contributed by atoms with Crippen molar-refractivity contribution in [3.63, 3.8) is 0 Å². The molecule has 0 atom stereocenters. The van der Waals surface area contributed by atoms with Gasteiger partial charge < -0.3 is 4.57 Å². The van der Waals surface area contributed by atoms with Gasteiger partial charge in [0.05, 0.1) is 16.5 Å². The minimum absolute atomic E-state index is 0. The standard InChI is InChI=1S/C22H22N4OS2.ClH/c1-16-5-3-6-19-20(16)24-22(29-19)26(13-4-12-25-14-11-23-15-25)21(27)17-7-9-18(28-2)10-8-17;/h3,5-11,14-15H,4,12-13H2,1-2H3;1H. The van der Waals surface area contributed by atoms with Crippen molar-refractivity contribution in [3.05, 3.63) is 72.3 Å². The van der Waals surface area contributed by atoms with Crippen LogP contribution in [0.15, 0.2) is 66.1 Å². The summed E-state index contributed by atoms with van der Waals surface area (Å²) in [4.78, 5) is 25.2. The number of hydrogen-bond acceptors (Lipinski definition) is 5. The van der Waals surface area contributed by atoms with Crippen molar-refractivity contribution in [1.82, 2.24) is 14.5 Å². The van der Waals surface area contributed by atoms with Crippen molar-refractivity contribution in [2.75, 3.05) is 17.7 Å². The minimum atomic E-state index is -0.0139. The van der Waals surface area contributed by atoms with Gasteiger partial charge in [-0.3, -0.25) is 9.69 Å². The van der Waals surface area contributed by atoms with Crippen LogP contribution in [0.3, 0.4) is 0 Å². The van der Waals surface area contributed by atoms with E-state index in [9.17, 15) is 4.79 Å². The van der Waals surface area contributed by atoms with Crippen LogP contribution in [-0.4, -0.2) is 33.2 Å². The van der Waals surface area contributed by atoms with Crippen molar-refractivity contribution in [2.45, 2.75) is 24.8 Å². The van der Waals surface area contributed by atoms with Crippen molar-refractivity contribution >= 4 is 56.8 Å². The maximum absolute atomic E-state index is 13.4. The van der Waals surface area contributed by atoms with E-state index >= 15 is 0 Å². The first-order valence-corrected chi connectivity index (χ1v) is 11.5. The number of imidazole rings is 1. The van der Waals surface area contributed by atoms with Gasteiger partial charge in [0.1, 0.15) is 0 Å². The summed E-state index contributed by atoms with van der Waals surface area (Å²) in [5.74, 6) is -0.0139. The zero-order chi connectivity index (χ0) is 20.2. The fourth-order valence-corrected chi connectivity index (χ4v) is 4.67. The molecule has 0 N–H and O–H groups in total. The van der Waals surface area contributed by atoms with E-state index in [4.69, 9.17) is 4.98 Å². The number of benzene rings is 2. The summed E-state index contributed by atoms with van der Waals surface area (Å²) >= 11 is 3.24. The molecule has 30 heavy (non-hydrogen) atoms. The molecule has 4 rings (SSSR count). The van der Waals surface area contributed by atoms with Crippen molar-refractivity contribution < 1.29 is 4.79 Å². The Morgan fingerprint density at radius 3 is 2.67 bits per heavy atom. The first kappa shape index (κ1) is 22.3. The van der Waals surface area contributed by atoms with Gasteiger partial charge in [-0.15, -0.1) is 24.2 Å². The SMILES string of the molecule is CSc1ccc(C(=O)N(CCCn2ccnc2)c2nc3c(C)cccc3s2)cc1.Cl. The summed E-state index contributed by atoms with van der Waals surface area (Å²) in [6, 6.07) is 13.9. The van der Waals surface area contributed by atoms with Gasteiger partial charge in [-0.05, 0) is 55.5 Å².